The quantitative estimate of drug-likeness (QED) is 0.0752. The van der Waals surface area contributed by atoms with Gasteiger partial charge in [0.25, 0.3) is 23.6 Å². The summed E-state index contributed by atoms with van der Waals surface area (Å²) in [4.78, 5) is 93.3. The number of ether oxygens (including phenoxy) is 3. The third kappa shape index (κ3) is 11.3. The first-order chi connectivity index (χ1) is 35.6. The lowest BCUT2D eigenvalue weighted by Crippen LogP contribution is -2.54. The predicted molar refractivity (Wildman–Crippen MR) is 270 cm³/mol. The highest BCUT2D eigenvalue weighted by Gasteiger charge is 2.45. The fraction of sp³-hybridized carbons (Fsp3) is 0.491. The Balaban J connectivity index is 0.634. The molecule has 4 aromatic rings. The fourth-order valence-electron chi connectivity index (χ4n) is 11.0. The summed E-state index contributed by atoms with van der Waals surface area (Å²) < 4.78 is 33.1. The largest absolute Gasteiger partial charge is 0.465 e. The molecule has 6 aliphatic rings. The highest BCUT2D eigenvalue weighted by atomic mass is 32.1. The number of nitrogens with zero attached hydrogens (tertiary/aromatic N) is 6. The van der Waals surface area contributed by atoms with Crippen molar-refractivity contribution in [2.24, 2.45) is 0 Å². The predicted octanol–water partition coefficient (Wildman–Crippen LogP) is 5.81. The molecule has 4 saturated heterocycles. The second-order valence-electron chi connectivity index (χ2n) is 19.5. The lowest BCUT2D eigenvalue weighted by atomic mass is 10.0. The van der Waals surface area contributed by atoms with Gasteiger partial charge in [-0.05, 0) is 112 Å². The second-order valence-corrected chi connectivity index (χ2v) is 20.4. The number of carbonyl (C=O) groups is 6. The molecule has 0 spiro atoms. The lowest BCUT2D eigenvalue weighted by Gasteiger charge is -2.43. The molecule has 10 rings (SSSR count). The topological polar surface area (TPSA) is 195 Å². The highest BCUT2D eigenvalue weighted by molar-refractivity contribution is 7.13. The molecule has 6 aliphatic heterocycles. The van der Waals surface area contributed by atoms with Crippen LogP contribution in [-0.4, -0.2) is 151 Å². The molecule has 20 heteroatoms. The van der Waals surface area contributed by atoms with Crippen LogP contribution >= 0.6 is 11.3 Å². The molecule has 7 heterocycles. The number of halogens is 1. The van der Waals surface area contributed by atoms with Crippen LogP contribution < -0.4 is 25.6 Å². The molecule has 4 fully saturated rings. The molecule has 1 aromatic heterocycles. The zero-order valence-electron chi connectivity index (χ0n) is 40.9. The molecule has 386 valence electrons. The summed E-state index contributed by atoms with van der Waals surface area (Å²) in [6, 6.07) is 13.3. The van der Waals surface area contributed by atoms with E-state index in [0.717, 1.165) is 107 Å². The number of piperidine rings is 2. The van der Waals surface area contributed by atoms with E-state index in [2.05, 4.69) is 35.6 Å². The second kappa shape index (κ2) is 22.8. The van der Waals surface area contributed by atoms with Crippen LogP contribution in [0.2, 0.25) is 0 Å². The average Bonchev–Trinajstić information content (AvgIpc) is 4.10. The van der Waals surface area contributed by atoms with Gasteiger partial charge < -0.3 is 34.2 Å². The number of rotatable bonds is 19. The van der Waals surface area contributed by atoms with Crippen LogP contribution in [0.4, 0.5) is 20.9 Å². The Bertz CT molecular complexity index is 2690. The molecule has 3 N–H and O–H groups in total. The van der Waals surface area contributed by atoms with E-state index in [0.29, 0.717) is 66.3 Å². The summed E-state index contributed by atoms with van der Waals surface area (Å²) in [7, 11) is 0. The van der Waals surface area contributed by atoms with Crippen molar-refractivity contribution in [3.63, 3.8) is 0 Å². The summed E-state index contributed by atoms with van der Waals surface area (Å²) in [5, 5.41) is 10.6. The van der Waals surface area contributed by atoms with Gasteiger partial charge in [0.2, 0.25) is 11.8 Å². The lowest BCUT2D eigenvalue weighted by molar-refractivity contribution is -0.136. The van der Waals surface area contributed by atoms with E-state index in [1.165, 1.54) is 34.4 Å². The number of piperazine rings is 1. The van der Waals surface area contributed by atoms with Crippen molar-refractivity contribution in [1.29, 1.82) is 0 Å². The van der Waals surface area contributed by atoms with Gasteiger partial charge in [-0.15, -0.1) is 11.3 Å². The first kappa shape index (κ1) is 50.2. The molecular weight excluding hydrogens is 958 g/mol. The molecule has 0 saturated carbocycles. The monoisotopic (exact) mass is 1020 g/mol. The SMILES string of the molecule is O=C1CCC(N2C(=O)c3ccc(N4CCN(C5CCN(CCCOCCCCNc6cccc7c6C(=O)N(C(C(=O)Nc6nccs6)c6cc(F)ccc6OC6CCCCO6)C7)CC5)CC4)cc3C2=O)C(=O)N1. The van der Waals surface area contributed by atoms with Crippen molar-refractivity contribution >= 4 is 63.3 Å². The first-order valence-corrected chi connectivity index (χ1v) is 26.6. The van der Waals surface area contributed by atoms with Crippen LogP contribution in [0.3, 0.4) is 0 Å². The van der Waals surface area contributed by atoms with E-state index < -0.39 is 53.7 Å². The number of anilines is 3. The zero-order chi connectivity index (χ0) is 50.4. The summed E-state index contributed by atoms with van der Waals surface area (Å²) in [6.45, 7) is 9.14. The zero-order valence-corrected chi connectivity index (χ0v) is 41.7. The molecule has 6 amide bonds. The molecule has 0 aliphatic carbocycles. The Labute approximate surface area is 427 Å². The average molecular weight is 1020 g/mol. The third-order valence-electron chi connectivity index (χ3n) is 14.8. The van der Waals surface area contributed by atoms with Gasteiger partial charge in [-0.3, -0.25) is 49.2 Å². The van der Waals surface area contributed by atoms with Gasteiger partial charge in [-0.1, -0.05) is 12.1 Å². The van der Waals surface area contributed by atoms with E-state index in [-0.39, 0.29) is 36.6 Å². The molecular formula is C53H62FN9O9S. The van der Waals surface area contributed by atoms with Gasteiger partial charge in [0, 0.05) is 106 Å². The number of thiazole rings is 1. The van der Waals surface area contributed by atoms with E-state index in [1.807, 2.05) is 24.3 Å². The minimum Gasteiger partial charge on any atom is -0.465 e. The van der Waals surface area contributed by atoms with Crippen molar-refractivity contribution in [2.75, 3.05) is 87.7 Å². The Morgan fingerprint density at radius 1 is 0.877 bits per heavy atom. The standard InChI is InChI=1S/C53H62FN9O9S/c54-35-10-14-43(72-45-9-1-3-29-71-45)40(31-35)47(49(66)58-53-56-19-30-73-53)62-33-34-7-5-8-41(46(34)52(62)69)55-18-2-4-27-70-28-6-20-59-21-16-36(17-22-59)60-23-25-61(26-24-60)37-11-12-38-39(32-37)51(68)63(50(38)67)42-13-15-44(64)57-48(42)65/h5,7-8,10-12,14,19,30-32,36,42,45,47,55H,1-4,6,9,13,15-18,20-29,33H2,(H,56,58,66)(H,57,64,65). The van der Waals surface area contributed by atoms with Crippen LogP contribution in [-0.2, 0) is 30.4 Å². The Hall–Kier alpha value is -6.32. The van der Waals surface area contributed by atoms with Gasteiger partial charge in [-0.25, -0.2) is 9.37 Å². The van der Waals surface area contributed by atoms with Gasteiger partial charge in [0.1, 0.15) is 23.7 Å². The van der Waals surface area contributed by atoms with Gasteiger partial charge in [0.05, 0.1) is 23.3 Å². The van der Waals surface area contributed by atoms with Crippen LogP contribution in [0.15, 0.2) is 66.2 Å². The van der Waals surface area contributed by atoms with Crippen molar-refractivity contribution in [1.82, 2.24) is 29.9 Å². The molecule has 0 radical (unpaired) electrons. The number of unbranched alkanes of at least 4 members (excludes halogenated alkanes) is 1. The molecule has 3 aromatic carbocycles. The van der Waals surface area contributed by atoms with E-state index in [4.69, 9.17) is 14.2 Å². The number of aromatic nitrogens is 1. The van der Waals surface area contributed by atoms with E-state index >= 15 is 4.39 Å². The maximum Gasteiger partial charge on any atom is 0.262 e. The Morgan fingerprint density at radius 3 is 2.48 bits per heavy atom. The molecule has 18 nitrogen and oxygen atoms in total. The molecule has 3 unspecified atom stereocenters. The number of carbonyl (C=O) groups excluding carboxylic acids is 6. The number of nitrogens with one attached hydrogen (secondary N) is 3. The summed E-state index contributed by atoms with van der Waals surface area (Å²) in [5.74, 6) is -3.13. The van der Waals surface area contributed by atoms with Gasteiger partial charge in [0.15, 0.2) is 11.4 Å². The van der Waals surface area contributed by atoms with E-state index in [1.54, 1.807) is 23.7 Å². The number of hydrogen-bond acceptors (Lipinski definition) is 15. The normalized spacial score (nSPS) is 21.3. The number of benzene rings is 3. The van der Waals surface area contributed by atoms with Crippen molar-refractivity contribution in [2.45, 2.75) is 95.2 Å². The minimum absolute atomic E-state index is 0.0871. The molecule has 73 heavy (non-hydrogen) atoms. The Morgan fingerprint density at radius 2 is 1.70 bits per heavy atom. The first-order valence-electron chi connectivity index (χ1n) is 25.7. The Kier molecular flexibility index (Phi) is 15.7. The number of fused-ring (bicyclic) bond motifs is 2. The number of likely N-dealkylation sites (tertiary alicyclic amines) is 1. The van der Waals surface area contributed by atoms with Crippen LogP contribution in [0, 0.1) is 5.82 Å². The summed E-state index contributed by atoms with van der Waals surface area (Å²) >= 11 is 1.25. The van der Waals surface area contributed by atoms with Crippen molar-refractivity contribution in [3.8, 4) is 5.75 Å². The molecule has 3 atom stereocenters. The third-order valence-corrected chi connectivity index (χ3v) is 15.5. The molecule has 0 bridgehead atoms. The number of imide groups is 2. The summed E-state index contributed by atoms with van der Waals surface area (Å²) in [5.41, 5.74) is 3.64. The fourth-order valence-corrected chi connectivity index (χ4v) is 11.5. The van der Waals surface area contributed by atoms with Crippen LogP contribution in [0.25, 0.3) is 0 Å². The number of amides is 6. The van der Waals surface area contributed by atoms with Gasteiger partial charge in [-0.2, -0.15) is 0 Å². The highest BCUT2D eigenvalue weighted by Crippen LogP contribution is 2.40. The maximum absolute atomic E-state index is 15.0. The van der Waals surface area contributed by atoms with Crippen molar-refractivity contribution in [3.05, 3.63) is 99.8 Å². The number of hydrogen-bond donors (Lipinski definition) is 3. The maximum atomic E-state index is 15.0. The van der Waals surface area contributed by atoms with Crippen molar-refractivity contribution < 1.29 is 47.4 Å². The van der Waals surface area contributed by atoms with Crippen LogP contribution in [0.5, 0.6) is 5.75 Å². The minimum atomic E-state index is -1.22. The van der Waals surface area contributed by atoms with Gasteiger partial charge >= 0.3 is 0 Å². The van der Waals surface area contributed by atoms with Crippen LogP contribution in [0.1, 0.15) is 112 Å². The van der Waals surface area contributed by atoms with E-state index in [9.17, 15) is 28.8 Å². The summed E-state index contributed by atoms with van der Waals surface area (Å²) in [6.07, 6.45) is 8.59. The smallest absolute Gasteiger partial charge is 0.262 e.